The van der Waals surface area contributed by atoms with E-state index < -0.39 is 0 Å². The van der Waals surface area contributed by atoms with Crippen molar-refractivity contribution in [2.75, 3.05) is 0 Å². The minimum atomic E-state index is 0.161. The molecule has 0 saturated heterocycles. The maximum atomic E-state index is 6.36. The SMILES string of the molecule is C=C/C(=C/c1c(C)cc(Cl)cc1Sc1ccc(C(C)(C)C)cc1C)CC. The molecule has 0 aromatic heterocycles. The number of halogens is 1. The van der Waals surface area contributed by atoms with Crippen LogP contribution in [-0.4, -0.2) is 0 Å². The summed E-state index contributed by atoms with van der Waals surface area (Å²) in [6.45, 7) is 17.1. The fourth-order valence-electron chi connectivity index (χ4n) is 2.83. The lowest BCUT2D eigenvalue weighted by atomic mass is 9.86. The van der Waals surface area contributed by atoms with Crippen molar-refractivity contribution in [3.63, 3.8) is 0 Å². The van der Waals surface area contributed by atoms with Crippen LogP contribution in [0.4, 0.5) is 0 Å². The second kappa shape index (κ2) is 8.50. The topological polar surface area (TPSA) is 0 Å². The van der Waals surface area contributed by atoms with Gasteiger partial charge in [0.25, 0.3) is 0 Å². The molecule has 0 radical (unpaired) electrons. The Morgan fingerprint density at radius 1 is 1.08 bits per heavy atom. The predicted octanol–water partition coefficient (Wildman–Crippen LogP) is 8.38. The van der Waals surface area contributed by atoms with Crippen LogP contribution < -0.4 is 0 Å². The van der Waals surface area contributed by atoms with Crippen LogP contribution in [0, 0.1) is 13.8 Å². The van der Waals surface area contributed by atoms with E-state index in [-0.39, 0.29) is 5.41 Å². The highest BCUT2D eigenvalue weighted by atomic mass is 35.5. The molecule has 0 amide bonds. The monoisotopic (exact) mass is 384 g/mol. The quantitative estimate of drug-likeness (QED) is 0.466. The molecule has 2 aromatic carbocycles. The standard InChI is InChI=1S/C24H29ClS/c1-8-18(9-2)14-21-16(3)13-20(25)15-23(21)26-22-11-10-19(12-17(22)4)24(5,6)7/h8,10-15H,1,9H2,2-7H3/b18-14-. The second-order valence-electron chi connectivity index (χ2n) is 7.74. The highest BCUT2D eigenvalue weighted by molar-refractivity contribution is 7.99. The first-order chi connectivity index (χ1) is 12.2. The van der Waals surface area contributed by atoms with Crippen LogP contribution in [0.25, 0.3) is 6.08 Å². The van der Waals surface area contributed by atoms with Gasteiger partial charge in [-0.1, -0.05) is 81.9 Å². The van der Waals surface area contributed by atoms with Gasteiger partial charge in [-0.15, -0.1) is 0 Å². The Morgan fingerprint density at radius 3 is 2.31 bits per heavy atom. The Hall–Kier alpha value is -1.44. The van der Waals surface area contributed by atoms with Crippen molar-refractivity contribution < 1.29 is 0 Å². The third-order valence-corrected chi connectivity index (χ3v) is 6.03. The lowest BCUT2D eigenvalue weighted by Crippen LogP contribution is -2.11. The average Bonchev–Trinajstić information content (AvgIpc) is 2.55. The summed E-state index contributed by atoms with van der Waals surface area (Å²) in [6.07, 6.45) is 5.14. The smallest absolute Gasteiger partial charge is 0.0420 e. The largest absolute Gasteiger partial charge is 0.0988 e. The van der Waals surface area contributed by atoms with E-state index in [9.17, 15) is 0 Å². The Labute approximate surface area is 168 Å². The Balaban J connectivity index is 2.50. The van der Waals surface area contributed by atoms with Crippen LogP contribution in [0.2, 0.25) is 5.02 Å². The molecular weight excluding hydrogens is 356 g/mol. The number of allylic oxidation sites excluding steroid dienone is 2. The maximum Gasteiger partial charge on any atom is 0.0420 e. The normalized spacial score (nSPS) is 12.3. The summed E-state index contributed by atoms with van der Waals surface area (Å²) in [5, 5.41) is 0.780. The van der Waals surface area contributed by atoms with Crippen molar-refractivity contribution in [3.05, 3.63) is 75.8 Å². The van der Waals surface area contributed by atoms with E-state index in [1.807, 2.05) is 12.1 Å². The van der Waals surface area contributed by atoms with E-state index in [1.165, 1.54) is 37.6 Å². The average molecular weight is 385 g/mol. The predicted molar refractivity (Wildman–Crippen MR) is 119 cm³/mol. The van der Waals surface area contributed by atoms with Crippen LogP contribution in [-0.2, 0) is 5.41 Å². The summed E-state index contributed by atoms with van der Waals surface area (Å²) in [5.74, 6) is 0. The van der Waals surface area contributed by atoms with Gasteiger partial charge in [-0.2, -0.15) is 0 Å². The maximum absolute atomic E-state index is 6.36. The molecule has 0 aliphatic carbocycles. The molecule has 0 atom stereocenters. The molecule has 0 bridgehead atoms. The summed E-state index contributed by atoms with van der Waals surface area (Å²) < 4.78 is 0. The Kier molecular flexibility index (Phi) is 6.82. The molecule has 0 fully saturated rings. The van der Waals surface area contributed by atoms with Gasteiger partial charge in [0.05, 0.1) is 0 Å². The summed E-state index contributed by atoms with van der Waals surface area (Å²) in [6, 6.07) is 10.9. The minimum Gasteiger partial charge on any atom is -0.0988 e. The van der Waals surface area contributed by atoms with Crippen molar-refractivity contribution in [1.29, 1.82) is 0 Å². The van der Waals surface area contributed by atoms with Gasteiger partial charge in [-0.05, 0) is 71.7 Å². The molecule has 0 spiro atoms. The lowest BCUT2D eigenvalue weighted by molar-refractivity contribution is 0.589. The number of benzene rings is 2. The Morgan fingerprint density at radius 2 is 1.77 bits per heavy atom. The van der Waals surface area contributed by atoms with Gasteiger partial charge in [-0.3, -0.25) is 0 Å². The van der Waals surface area contributed by atoms with Gasteiger partial charge >= 0.3 is 0 Å². The lowest BCUT2D eigenvalue weighted by Gasteiger charge is -2.21. The van der Waals surface area contributed by atoms with Crippen LogP contribution in [0.5, 0.6) is 0 Å². The molecule has 2 aromatic rings. The van der Waals surface area contributed by atoms with Gasteiger partial charge in [0, 0.05) is 14.8 Å². The zero-order chi connectivity index (χ0) is 19.5. The third kappa shape index (κ3) is 5.05. The van der Waals surface area contributed by atoms with Crippen molar-refractivity contribution in [2.24, 2.45) is 0 Å². The van der Waals surface area contributed by atoms with Crippen LogP contribution in [0.1, 0.15) is 56.4 Å². The Bertz CT molecular complexity index is 838. The number of hydrogen-bond donors (Lipinski definition) is 0. The summed E-state index contributed by atoms with van der Waals surface area (Å²) in [4.78, 5) is 2.46. The van der Waals surface area contributed by atoms with Crippen molar-refractivity contribution >= 4 is 29.4 Å². The fraction of sp³-hybridized carbons (Fsp3) is 0.333. The summed E-state index contributed by atoms with van der Waals surface area (Å²) in [7, 11) is 0. The van der Waals surface area contributed by atoms with Gasteiger partial charge in [0.1, 0.15) is 0 Å². The summed E-state index contributed by atoms with van der Waals surface area (Å²) in [5.41, 5.74) is 6.48. The van der Waals surface area contributed by atoms with E-state index in [4.69, 9.17) is 11.6 Å². The van der Waals surface area contributed by atoms with E-state index >= 15 is 0 Å². The molecule has 0 unspecified atom stereocenters. The molecule has 2 heteroatoms. The highest BCUT2D eigenvalue weighted by Gasteiger charge is 2.15. The van der Waals surface area contributed by atoms with Crippen molar-refractivity contribution in [3.8, 4) is 0 Å². The molecule has 138 valence electrons. The molecule has 0 aliphatic rings. The molecule has 26 heavy (non-hydrogen) atoms. The van der Waals surface area contributed by atoms with Crippen LogP contribution in [0.3, 0.4) is 0 Å². The van der Waals surface area contributed by atoms with Gasteiger partial charge in [-0.25, -0.2) is 0 Å². The second-order valence-corrected chi connectivity index (χ2v) is 9.26. The van der Waals surface area contributed by atoms with E-state index in [0.717, 1.165) is 11.4 Å². The molecule has 0 N–H and O–H groups in total. The first-order valence-electron chi connectivity index (χ1n) is 9.07. The number of rotatable bonds is 5. The van der Waals surface area contributed by atoms with Crippen LogP contribution >= 0.6 is 23.4 Å². The fourth-order valence-corrected chi connectivity index (χ4v) is 4.28. The summed E-state index contributed by atoms with van der Waals surface area (Å²) >= 11 is 8.15. The zero-order valence-electron chi connectivity index (χ0n) is 16.7. The van der Waals surface area contributed by atoms with E-state index in [2.05, 4.69) is 78.5 Å². The molecule has 0 aliphatic heterocycles. The molecule has 0 heterocycles. The first-order valence-corrected chi connectivity index (χ1v) is 10.3. The molecule has 0 saturated carbocycles. The molecule has 0 nitrogen and oxygen atoms in total. The van der Waals surface area contributed by atoms with Crippen molar-refractivity contribution in [2.45, 2.75) is 63.2 Å². The first kappa shape index (κ1) is 20.9. The van der Waals surface area contributed by atoms with Gasteiger partial charge < -0.3 is 0 Å². The molecular formula is C24H29ClS. The van der Waals surface area contributed by atoms with Gasteiger partial charge in [0.15, 0.2) is 0 Å². The number of aryl methyl sites for hydroxylation is 2. The van der Waals surface area contributed by atoms with Crippen LogP contribution in [0.15, 0.2) is 58.4 Å². The van der Waals surface area contributed by atoms with Gasteiger partial charge in [0.2, 0.25) is 0 Å². The molecule has 2 rings (SSSR count). The van der Waals surface area contributed by atoms with Crippen molar-refractivity contribution in [1.82, 2.24) is 0 Å². The third-order valence-electron chi connectivity index (χ3n) is 4.57. The zero-order valence-corrected chi connectivity index (χ0v) is 18.3. The highest BCUT2D eigenvalue weighted by Crippen LogP contribution is 2.38. The minimum absolute atomic E-state index is 0.161. The van der Waals surface area contributed by atoms with E-state index in [1.54, 1.807) is 11.8 Å². The number of hydrogen-bond acceptors (Lipinski definition) is 1. The van der Waals surface area contributed by atoms with E-state index in [0.29, 0.717) is 0 Å².